The molecule has 0 saturated heterocycles. The molecule has 0 saturated carbocycles. The highest BCUT2D eigenvalue weighted by Crippen LogP contribution is 2.22. The molecule has 0 radical (unpaired) electrons. The maximum Gasteiger partial charge on any atom is 0.256 e. The molecule has 0 unspecified atom stereocenters. The molecule has 30 heavy (non-hydrogen) atoms. The van der Waals surface area contributed by atoms with E-state index < -0.39 is 0 Å². The maximum atomic E-state index is 12.9. The molecule has 146 valence electrons. The maximum absolute atomic E-state index is 12.9. The molecule has 5 rings (SSSR count). The summed E-state index contributed by atoms with van der Waals surface area (Å²) >= 11 is 0. The molecule has 0 aliphatic heterocycles. The zero-order chi connectivity index (χ0) is 20.3. The number of nitrogens with one attached hydrogen (secondary N) is 1. The van der Waals surface area contributed by atoms with Crippen LogP contribution in [-0.4, -0.2) is 15.3 Å². The zero-order valence-corrected chi connectivity index (χ0v) is 16.2. The lowest BCUT2D eigenvalue weighted by Crippen LogP contribution is -2.12. The fraction of sp³-hybridized carbons (Fsp3) is 0.0400. The Morgan fingerprint density at radius 2 is 1.77 bits per heavy atom. The normalized spacial score (nSPS) is 10.9. The molecule has 0 aliphatic rings. The minimum atomic E-state index is -0.149. The van der Waals surface area contributed by atoms with Crippen molar-refractivity contribution < 1.29 is 9.53 Å². The predicted octanol–water partition coefficient (Wildman–Crippen LogP) is 5.32. The largest absolute Gasteiger partial charge is 0.487 e. The number of fused-ring (bicyclic) bond motifs is 2. The summed E-state index contributed by atoms with van der Waals surface area (Å²) in [5.41, 5.74) is 3.04. The highest BCUT2D eigenvalue weighted by atomic mass is 16.5. The van der Waals surface area contributed by atoms with Crippen LogP contribution in [0.5, 0.6) is 5.75 Å². The molecule has 0 atom stereocenters. The molecule has 2 heterocycles. The molecule has 0 bridgehead atoms. The van der Waals surface area contributed by atoms with Gasteiger partial charge >= 0.3 is 0 Å². The van der Waals surface area contributed by atoms with Crippen molar-refractivity contribution in [3.05, 3.63) is 109 Å². The summed E-state index contributed by atoms with van der Waals surface area (Å²) in [5, 5.41) is 4.94. The monoisotopic (exact) mass is 393 g/mol. The lowest BCUT2D eigenvalue weighted by atomic mass is 10.0. The standard InChI is InChI=1S/C25H19N3O2/c29-25(23-12-5-8-18-7-1-2-11-22(18)23)27-19-9-6-10-21(15-19)30-17-20-16-28-14-4-3-13-24(28)26-20/h1-16H,17H2,(H,27,29). The topological polar surface area (TPSA) is 55.6 Å². The number of aromatic nitrogens is 2. The first kappa shape index (κ1) is 17.9. The first-order valence-electron chi connectivity index (χ1n) is 9.71. The van der Waals surface area contributed by atoms with Gasteiger partial charge < -0.3 is 14.5 Å². The van der Waals surface area contributed by atoms with Gasteiger partial charge in [-0.2, -0.15) is 0 Å². The van der Waals surface area contributed by atoms with E-state index in [1.54, 1.807) is 0 Å². The van der Waals surface area contributed by atoms with Crippen LogP contribution < -0.4 is 10.1 Å². The third kappa shape index (κ3) is 3.61. The van der Waals surface area contributed by atoms with Crippen LogP contribution in [-0.2, 0) is 6.61 Å². The number of anilines is 1. The second-order valence-electron chi connectivity index (χ2n) is 7.00. The van der Waals surface area contributed by atoms with Crippen molar-refractivity contribution in [2.24, 2.45) is 0 Å². The molecule has 0 aliphatic carbocycles. The molecule has 0 fully saturated rings. The van der Waals surface area contributed by atoms with Gasteiger partial charge in [-0.1, -0.05) is 48.5 Å². The Labute approximate surface area is 173 Å². The second kappa shape index (κ2) is 7.72. The predicted molar refractivity (Wildman–Crippen MR) is 118 cm³/mol. The molecular weight excluding hydrogens is 374 g/mol. The summed E-state index contributed by atoms with van der Waals surface area (Å²) in [4.78, 5) is 17.4. The van der Waals surface area contributed by atoms with E-state index in [0.717, 1.165) is 22.1 Å². The minimum Gasteiger partial charge on any atom is -0.487 e. The quantitative estimate of drug-likeness (QED) is 0.440. The van der Waals surface area contributed by atoms with Crippen LogP contribution in [0.4, 0.5) is 5.69 Å². The second-order valence-corrected chi connectivity index (χ2v) is 7.00. The Balaban J connectivity index is 1.31. The first-order chi connectivity index (χ1) is 14.8. The summed E-state index contributed by atoms with van der Waals surface area (Å²) in [5.74, 6) is 0.520. The molecule has 5 aromatic rings. The third-order valence-electron chi connectivity index (χ3n) is 4.93. The summed E-state index contributed by atoms with van der Waals surface area (Å²) in [6, 6.07) is 26.8. The smallest absolute Gasteiger partial charge is 0.256 e. The summed E-state index contributed by atoms with van der Waals surface area (Å²) in [6.07, 6.45) is 3.90. The number of carbonyl (C=O) groups is 1. The van der Waals surface area contributed by atoms with Gasteiger partial charge in [0.2, 0.25) is 0 Å². The fourth-order valence-electron chi connectivity index (χ4n) is 3.50. The van der Waals surface area contributed by atoms with Crippen molar-refractivity contribution in [2.75, 3.05) is 5.32 Å². The highest BCUT2D eigenvalue weighted by molar-refractivity contribution is 6.12. The number of pyridine rings is 1. The summed E-state index contributed by atoms with van der Waals surface area (Å²) in [7, 11) is 0. The number of hydrogen-bond donors (Lipinski definition) is 1. The molecule has 3 aromatic carbocycles. The van der Waals surface area contributed by atoms with Crippen molar-refractivity contribution in [3.8, 4) is 5.75 Å². The molecular formula is C25H19N3O2. The van der Waals surface area contributed by atoms with E-state index in [-0.39, 0.29) is 5.91 Å². The van der Waals surface area contributed by atoms with Gasteiger partial charge in [-0.05, 0) is 41.1 Å². The number of ether oxygens (including phenoxy) is 1. The van der Waals surface area contributed by atoms with Crippen LogP contribution in [0.2, 0.25) is 0 Å². The zero-order valence-electron chi connectivity index (χ0n) is 16.2. The summed E-state index contributed by atoms with van der Waals surface area (Å²) < 4.78 is 7.85. The molecule has 0 spiro atoms. The molecule has 5 heteroatoms. The van der Waals surface area contributed by atoms with Gasteiger partial charge in [-0.25, -0.2) is 4.98 Å². The number of imidazole rings is 1. The van der Waals surface area contributed by atoms with Crippen molar-refractivity contribution in [3.63, 3.8) is 0 Å². The van der Waals surface area contributed by atoms with Crippen molar-refractivity contribution in [2.45, 2.75) is 6.61 Å². The van der Waals surface area contributed by atoms with Crippen LogP contribution in [0.25, 0.3) is 16.4 Å². The van der Waals surface area contributed by atoms with Crippen molar-refractivity contribution in [1.29, 1.82) is 0 Å². The number of hydrogen-bond acceptors (Lipinski definition) is 3. The summed E-state index contributed by atoms with van der Waals surface area (Å²) in [6.45, 7) is 0.350. The van der Waals surface area contributed by atoms with Crippen LogP contribution in [0.3, 0.4) is 0 Å². The molecule has 2 aromatic heterocycles. The van der Waals surface area contributed by atoms with E-state index in [4.69, 9.17) is 4.74 Å². The molecule has 1 amide bonds. The van der Waals surface area contributed by atoms with E-state index in [1.807, 2.05) is 102 Å². The van der Waals surface area contributed by atoms with Gasteiger partial charge in [0.25, 0.3) is 5.91 Å². The van der Waals surface area contributed by atoms with E-state index in [0.29, 0.717) is 23.6 Å². The van der Waals surface area contributed by atoms with Gasteiger partial charge in [0.05, 0.1) is 5.69 Å². The van der Waals surface area contributed by atoms with Gasteiger partial charge in [0.1, 0.15) is 18.0 Å². The van der Waals surface area contributed by atoms with Crippen LogP contribution >= 0.6 is 0 Å². The average molecular weight is 393 g/mol. The Hall–Kier alpha value is -4.12. The van der Waals surface area contributed by atoms with Gasteiger partial charge in [0.15, 0.2) is 0 Å². The van der Waals surface area contributed by atoms with E-state index in [2.05, 4.69) is 10.3 Å². The Kier molecular flexibility index (Phi) is 4.62. The van der Waals surface area contributed by atoms with Crippen LogP contribution in [0, 0.1) is 0 Å². The Morgan fingerprint density at radius 3 is 2.70 bits per heavy atom. The number of nitrogens with zero attached hydrogens (tertiary/aromatic N) is 2. The van der Waals surface area contributed by atoms with Crippen molar-refractivity contribution in [1.82, 2.24) is 9.38 Å². The van der Waals surface area contributed by atoms with Crippen LogP contribution in [0.1, 0.15) is 16.1 Å². The van der Waals surface area contributed by atoms with Gasteiger partial charge in [-0.15, -0.1) is 0 Å². The number of amides is 1. The minimum absolute atomic E-state index is 0.149. The van der Waals surface area contributed by atoms with E-state index in [1.165, 1.54) is 0 Å². The SMILES string of the molecule is O=C(Nc1cccc(OCc2cn3ccccc3n2)c1)c1cccc2ccccc12. The average Bonchev–Trinajstić information content (AvgIpc) is 3.21. The third-order valence-corrected chi connectivity index (χ3v) is 4.93. The Morgan fingerprint density at radius 1 is 0.933 bits per heavy atom. The van der Waals surface area contributed by atoms with Crippen LogP contribution in [0.15, 0.2) is 97.3 Å². The lowest BCUT2D eigenvalue weighted by molar-refractivity contribution is 0.102. The van der Waals surface area contributed by atoms with E-state index >= 15 is 0 Å². The number of benzene rings is 3. The van der Waals surface area contributed by atoms with Gasteiger partial charge in [0, 0.05) is 29.7 Å². The van der Waals surface area contributed by atoms with Gasteiger partial charge in [-0.3, -0.25) is 4.79 Å². The molecule has 5 nitrogen and oxygen atoms in total. The highest BCUT2D eigenvalue weighted by Gasteiger charge is 2.10. The number of carbonyl (C=O) groups excluding carboxylic acids is 1. The molecule has 1 N–H and O–H groups in total. The number of rotatable bonds is 5. The first-order valence-corrected chi connectivity index (χ1v) is 9.71. The lowest BCUT2D eigenvalue weighted by Gasteiger charge is -2.10. The van der Waals surface area contributed by atoms with Crippen molar-refractivity contribution >= 4 is 28.0 Å². The van der Waals surface area contributed by atoms with E-state index in [9.17, 15) is 4.79 Å². The fourth-order valence-corrected chi connectivity index (χ4v) is 3.50. The Bertz CT molecular complexity index is 1320.